The lowest BCUT2D eigenvalue weighted by Gasteiger charge is -2.45. The fourth-order valence-corrected chi connectivity index (χ4v) is 5.30. The smallest absolute Gasteiger partial charge is 0.410 e. The summed E-state index contributed by atoms with van der Waals surface area (Å²) in [6, 6.07) is 11.1. The molecule has 0 radical (unpaired) electrons. The summed E-state index contributed by atoms with van der Waals surface area (Å²) in [6.45, 7) is 3.43. The fourth-order valence-electron chi connectivity index (χ4n) is 5.30. The molecule has 32 heavy (non-hydrogen) atoms. The summed E-state index contributed by atoms with van der Waals surface area (Å²) >= 11 is 0. The fraction of sp³-hybridized carbons (Fsp3) is 0.440. The van der Waals surface area contributed by atoms with Crippen LogP contribution in [0.3, 0.4) is 0 Å². The summed E-state index contributed by atoms with van der Waals surface area (Å²) in [4.78, 5) is 29.6. The van der Waals surface area contributed by atoms with Crippen LogP contribution in [-0.4, -0.2) is 61.3 Å². The topological polar surface area (TPSA) is 59.1 Å². The van der Waals surface area contributed by atoms with E-state index < -0.39 is 12.0 Å². The van der Waals surface area contributed by atoms with Gasteiger partial charge in [0, 0.05) is 13.1 Å². The number of halogens is 1. The highest BCUT2D eigenvalue weighted by atomic mass is 19.1. The van der Waals surface area contributed by atoms with Crippen molar-refractivity contribution in [2.75, 3.05) is 33.3 Å². The molecule has 6 rings (SSSR count). The summed E-state index contributed by atoms with van der Waals surface area (Å²) in [7, 11) is 1.34. The molecule has 3 fully saturated rings. The number of carbonyl (C=O) groups excluding carboxylic acids is 2. The SMILES string of the molecule is COC(=O)c1ccc2c(c1)[C@@H](c1ccc(F)cc1)N(C(=O)O[C@@H]1CN3CCC1CC3)CC2. The molecule has 2 bridgehead atoms. The van der Waals surface area contributed by atoms with E-state index in [0.29, 0.717) is 24.4 Å². The Kier molecular flexibility index (Phi) is 5.59. The third-order valence-electron chi connectivity index (χ3n) is 7.06. The number of carbonyl (C=O) groups is 2. The molecule has 0 aliphatic carbocycles. The summed E-state index contributed by atoms with van der Waals surface area (Å²) in [5.41, 5.74) is 3.10. The first-order chi connectivity index (χ1) is 15.5. The summed E-state index contributed by atoms with van der Waals surface area (Å²) in [5.74, 6) is -0.358. The number of hydrogen-bond acceptors (Lipinski definition) is 5. The highest BCUT2D eigenvalue weighted by Crippen LogP contribution is 2.37. The zero-order valence-electron chi connectivity index (χ0n) is 18.1. The number of piperidine rings is 3. The molecule has 4 aliphatic heterocycles. The normalized spacial score (nSPS) is 26.4. The molecule has 6 nitrogen and oxygen atoms in total. The van der Waals surface area contributed by atoms with Crippen molar-refractivity contribution in [2.45, 2.75) is 31.4 Å². The van der Waals surface area contributed by atoms with Gasteiger partial charge in [0.05, 0.1) is 18.7 Å². The van der Waals surface area contributed by atoms with Crippen LogP contribution in [0, 0.1) is 11.7 Å². The van der Waals surface area contributed by atoms with Gasteiger partial charge in [0.2, 0.25) is 0 Å². The minimum atomic E-state index is -0.461. The molecular weight excluding hydrogens is 411 g/mol. The van der Waals surface area contributed by atoms with E-state index >= 15 is 0 Å². The monoisotopic (exact) mass is 438 g/mol. The quantitative estimate of drug-likeness (QED) is 0.683. The molecule has 0 unspecified atom stereocenters. The second-order valence-corrected chi connectivity index (χ2v) is 8.86. The van der Waals surface area contributed by atoms with Gasteiger partial charge in [-0.2, -0.15) is 0 Å². The third-order valence-corrected chi connectivity index (χ3v) is 7.06. The second kappa shape index (κ2) is 8.54. The molecule has 4 heterocycles. The molecule has 0 saturated carbocycles. The number of methoxy groups -OCH3 is 1. The molecule has 4 aliphatic rings. The van der Waals surface area contributed by atoms with Crippen molar-refractivity contribution in [3.63, 3.8) is 0 Å². The van der Waals surface area contributed by atoms with Crippen molar-refractivity contribution in [2.24, 2.45) is 5.92 Å². The lowest BCUT2D eigenvalue weighted by Crippen LogP contribution is -2.53. The zero-order valence-corrected chi connectivity index (χ0v) is 18.1. The first-order valence-electron chi connectivity index (χ1n) is 11.2. The standard InChI is InChI=1S/C25H27FN2O4/c1-31-24(29)19-3-2-16-10-13-28(23(21(16)14-19)18-4-6-20(26)7-5-18)25(30)32-22-15-27-11-8-17(22)9-12-27/h2-7,14,17,22-23H,8-13,15H2,1H3/t22-,23-/m1/s1. The van der Waals surface area contributed by atoms with Crippen LogP contribution < -0.4 is 0 Å². The Bertz CT molecular complexity index is 1020. The molecule has 0 spiro atoms. The Morgan fingerprint density at radius 1 is 1.03 bits per heavy atom. The van der Waals surface area contributed by atoms with E-state index in [2.05, 4.69) is 4.90 Å². The van der Waals surface area contributed by atoms with E-state index in [9.17, 15) is 14.0 Å². The van der Waals surface area contributed by atoms with Gasteiger partial charge in [0.15, 0.2) is 0 Å². The average Bonchev–Trinajstić information content (AvgIpc) is 2.83. The Morgan fingerprint density at radius 2 is 1.78 bits per heavy atom. The van der Waals surface area contributed by atoms with Crippen LogP contribution in [0.1, 0.15) is 45.9 Å². The maximum atomic E-state index is 13.6. The van der Waals surface area contributed by atoms with Crippen molar-refractivity contribution in [3.05, 3.63) is 70.5 Å². The van der Waals surface area contributed by atoms with Crippen LogP contribution in [0.15, 0.2) is 42.5 Å². The number of ether oxygens (including phenoxy) is 2. The number of benzene rings is 2. The molecule has 7 heteroatoms. The number of nitrogens with zero attached hydrogens (tertiary/aromatic N) is 2. The van der Waals surface area contributed by atoms with Crippen LogP contribution in [0.25, 0.3) is 0 Å². The van der Waals surface area contributed by atoms with Crippen molar-refractivity contribution >= 4 is 12.1 Å². The Hall–Kier alpha value is -2.93. The molecule has 0 aromatic heterocycles. The van der Waals surface area contributed by atoms with Gasteiger partial charge in [-0.15, -0.1) is 0 Å². The average molecular weight is 438 g/mol. The molecule has 3 saturated heterocycles. The van der Waals surface area contributed by atoms with Gasteiger partial charge in [0.25, 0.3) is 0 Å². The Morgan fingerprint density at radius 3 is 2.44 bits per heavy atom. The molecule has 168 valence electrons. The molecule has 2 atom stereocenters. The van der Waals surface area contributed by atoms with Gasteiger partial charge in [-0.1, -0.05) is 18.2 Å². The summed E-state index contributed by atoms with van der Waals surface area (Å²) < 4.78 is 24.6. The lowest BCUT2D eigenvalue weighted by molar-refractivity contribution is -0.0462. The van der Waals surface area contributed by atoms with Crippen molar-refractivity contribution < 1.29 is 23.5 Å². The second-order valence-electron chi connectivity index (χ2n) is 8.86. The first-order valence-corrected chi connectivity index (χ1v) is 11.2. The van der Waals surface area contributed by atoms with Crippen molar-refractivity contribution in [1.82, 2.24) is 9.80 Å². The predicted octanol–water partition coefficient (Wildman–Crippen LogP) is 3.79. The van der Waals surface area contributed by atoms with Crippen LogP contribution in [0.5, 0.6) is 0 Å². The van der Waals surface area contributed by atoms with E-state index in [0.717, 1.165) is 49.2 Å². The minimum absolute atomic E-state index is 0.0957. The van der Waals surface area contributed by atoms with Gasteiger partial charge >= 0.3 is 12.1 Å². The Labute approximate surface area is 186 Å². The highest BCUT2D eigenvalue weighted by molar-refractivity contribution is 5.89. The van der Waals surface area contributed by atoms with Gasteiger partial charge in [0.1, 0.15) is 11.9 Å². The largest absolute Gasteiger partial charge is 0.465 e. The van der Waals surface area contributed by atoms with Crippen molar-refractivity contribution in [1.29, 1.82) is 0 Å². The van der Waals surface area contributed by atoms with E-state index in [1.807, 2.05) is 6.07 Å². The molecule has 2 aromatic rings. The summed E-state index contributed by atoms with van der Waals surface area (Å²) in [5, 5.41) is 0. The van der Waals surface area contributed by atoms with E-state index in [-0.39, 0.29) is 18.0 Å². The van der Waals surface area contributed by atoms with Gasteiger partial charge < -0.3 is 9.47 Å². The number of amides is 1. The van der Waals surface area contributed by atoms with E-state index in [4.69, 9.17) is 9.47 Å². The van der Waals surface area contributed by atoms with Crippen LogP contribution in [0.4, 0.5) is 9.18 Å². The van der Waals surface area contributed by atoms with Crippen LogP contribution in [0.2, 0.25) is 0 Å². The number of esters is 1. The van der Waals surface area contributed by atoms with Gasteiger partial charge in [-0.3, -0.25) is 9.80 Å². The number of fused-ring (bicyclic) bond motifs is 4. The zero-order chi connectivity index (χ0) is 22.2. The maximum Gasteiger partial charge on any atom is 0.410 e. The van der Waals surface area contributed by atoms with Crippen molar-refractivity contribution in [3.8, 4) is 0 Å². The molecule has 0 N–H and O–H groups in total. The first kappa shape index (κ1) is 20.9. The van der Waals surface area contributed by atoms with Crippen LogP contribution in [-0.2, 0) is 15.9 Å². The highest BCUT2D eigenvalue weighted by Gasteiger charge is 2.40. The maximum absolute atomic E-state index is 13.6. The Balaban J connectivity index is 1.48. The van der Waals surface area contributed by atoms with E-state index in [1.54, 1.807) is 29.2 Å². The molecule has 2 aromatic carbocycles. The summed E-state index contributed by atoms with van der Waals surface area (Å²) in [6.07, 6.45) is 2.33. The number of rotatable bonds is 3. The minimum Gasteiger partial charge on any atom is -0.465 e. The molecular formula is C25H27FN2O4. The molecule has 1 amide bonds. The number of hydrogen-bond donors (Lipinski definition) is 0. The third kappa shape index (κ3) is 3.86. The van der Waals surface area contributed by atoms with Gasteiger partial charge in [-0.05, 0) is 79.2 Å². The lowest BCUT2D eigenvalue weighted by atomic mass is 9.85. The van der Waals surface area contributed by atoms with E-state index in [1.165, 1.54) is 19.2 Å². The predicted molar refractivity (Wildman–Crippen MR) is 116 cm³/mol. The van der Waals surface area contributed by atoms with Gasteiger partial charge in [-0.25, -0.2) is 14.0 Å². The van der Waals surface area contributed by atoms with Crippen LogP contribution >= 0.6 is 0 Å².